The molecule has 6 heteroatoms. The first-order chi connectivity index (χ1) is 12.8. The Kier molecular flexibility index (Phi) is 9.66. The number of guanidine groups is 1. The van der Waals surface area contributed by atoms with E-state index in [4.69, 9.17) is 0 Å². The molecule has 0 aliphatic heterocycles. The Morgan fingerprint density at radius 2 is 1.96 bits per heavy atom. The number of nitrogens with one attached hydrogen (secondary N) is 2. The van der Waals surface area contributed by atoms with Gasteiger partial charge in [0.15, 0.2) is 5.96 Å². The Labute approximate surface area is 180 Å². The van der Waals surface area contributed by atoms with Crippen LogP contribution in [0.5, 0.6) is 0 Å². The number of imidazole rings is 1. The molecule has 0 unspecified atom stereocenters. The van der Waals surface area contributed by atoms with Crippen LogP contribution in [-0.4, -0.2) is 29.1 Å². The lowest BCUT2D eigenvalue weighted by Crippen LogP contribution is -2.38. The maximum atomic E-state index is 4.49. The van der Waals surface area contributed by atoms with Crippen LogP contribution >= 0.6 is 24.0 Å². The summed E-state index contributed by atoms with van der Waals surface area (Å²) in [4.78, 5) is 8.81. The maximum absolute atomic E-state index is 4.49. The molecule has 5 nitrogen and oxygen atoms in total. The van der Waals surface area contributed by atoms with Gasteiger partial charge in [-0.2, -0.15) is 0 Å². The second-order valence-corrected chi connectivity index (χ2v) is 7.10. The molecule has 1 aromatic heterocycles. The summed E-state index contributed by atoms with van der Waals surface area (Å²) in [6.07, 6.45) is 12.2. The lowest BCUT2D eigenvalue weighted by Gasteiger charge is -2.14. The molecular formula is C21H32IN5. The fourth-order valence-corrected chi connectivity index (χ4v) is 3.71. The highest BCUT2D eigenvalue weighted by atomic mass is 127. The highest BCUT2D eigenvalue weighted by molar-refractivity contribution is 14.0. The first-order valence-electron chi connectivity index (χ1n) is 9.83. The largest absolute Gasteiger partial charge is 0.356 e. The second-order valence-electron chi connectivity index (χ2n) is 7.10. The van der Waals surface area contributed by atoms with Crippen LogP contribution in [0.25, 0.3) is 0 Å². The molecule has 148 valence electrons. The summed E-state index contributed by atoms with van der Waals surface area (Å²) in [6, 6.07) is 10.5. The maximum Gasteiger partial charge on any atom is 0.191 e. The van der Waals surface area contributed by atoms with E-state index in [2.05, 4.69) is 49.4 Å². The molecule has 1 aliphatic rings. The Bertz CT molecular complexity index is 677. The predicted octanol–water partition coefficient (Wildman–Crippen LogP) is 4.18. The van der Waals surface area contributed by atoms with E-state index in [1.807, 2.05) is 25.5 Å². The van der Waals surface area contributed by atoms with Crippen LogP contribution in [0.15, 0.2) is 47.7 Å². The highest BCUT2D eigenvalue weighted by Gasteiger charge is 2.14. The van der Waals surface area contributed by atoms with Crippen LogP contribution in [0.2, 0.25) is 0 Å². The number of rotatable bonds is 8. The molecule has 1 saturated carbocycles. The Morgan fingerprint density at radius 1 is 1.19 bits per heavy atom. The summed E-state index contributed by atoms with van der Waals surface area (Å²) in [5.74, 6) is 2.82. The molecule has 0 spiro atoms. The van der Waals surface area contributed by atoms with Crippen molar-refractivity contribution in [3.8, 4) is 0 Å². The molecule has 0 amide bonds. The van der Waals surface area contributed by atoms with Crippen LogP contribution in [0.4, 0.5) is 0 Å². The second kappa shape index (κ2) is 12.0. The normalized spacial score (nSPS) is 14.8. The molecule has 1 heterocycles. The number of aliphatic imine (C=N–C) groups is 1. The Morgan fingerprint density at radius 3 is 2.70 bits per heavy atom. The number of halogens is 1. The van der Waals surface area contributed by atoms with Crippen LogP contribution in [0.1, 0.15) is 49.9 Å². The van der Waals surface area contributed by atoms with Gasteiger partial charge in [0, 0.05) is 32.5 Å². The van der Waals surface area contributed by atoms with Gasteiger partial charge in [-0.1, -0.05) is 56.0 Å². The number of aromatic nitrogens is 2. The third kappa shape index (κ3) is 7.16. The van der Waals surface area contributed by atoms with Crippen LogP contribution in [0.3, 0.4) is 0 Å². The SMILES string of the molecule is CN=C(NCCCC1CCCC1)NCc1nccn1Cc1ccccc1.I. The molecule has 0 bridgehead atoms. The predicted molar refractivity (Wildman–Crippen MR) is 123 cm³/mol. The van der Waals surface area contributed by atoms with E-state index in [0.29, 0.717) is 6.54 Å². The van der Waals surface area contributed by atoms with E-state index in [1.54, 1.807) is 0 Å². The molecule has 3 rings (SSSR count). The zero-order valence-electron chi connectivity index (χ0n) is 16.2. The van der Waals surface area contributed by atoms with Gasteiger partial charge in [-0.3, -0.25) is 4.99 Å². The monoisotopic (exact) mass is 481 g/mol. The molecule has 27 heavy (non-hydrogen) atoms. The lowest BCUT2D eigenvalue weighted by molar-refractivity contribution is 0.481. The quantitative estimate of drug-likeness (QED) is 0.258. The summed E-state index contributed by atoms with van der Waals surface area (Å²) in [6.45, 7) is 2.49. The molecule has 1 aliphatic carbocycles. The fraction of sp³-hybridized carbons (Fsp3) is 0.524. The van der Waals surface area contributed by atoms with Gasteiger partial charge in [-0.25, -0.2) is 4.98 Å². The first kappa shape index (κ1) is 21.7. The molecule has 0 atom stereocenters. The van der Waals surface area contributed by atoms with Crippen molar-refractivity contribution in [3.63, 3.8) is 0 Å². The summed E-state index contributed by atoms with van der Waals surface area (Å²) in [5.41, 5.74) is 1.28. The zero-order valence-corrected chi connectivity index (χ0v) is 18.6. The van der Waals surface area contributed by atoms with Gasteiger partial charge < -0.3 is 15.2 Å². The van der Waals surface area contributed by atoms with Gasteiger partial charge in [0.2, 0.25) is 0 Å². The summed E-state index contributed by atoms with van der Waals surface area (Å²) in [5, 5.41) is 6.81. The first-order valence-corrected chi connectivity index (χ1v) is 9.83. The van der Waals surface area contributed by atoms with Crippen molar-refractivity contribution in [2.24, 2.45) is 10.9 Å². The number of hydrogen-bond acceptors (Lipinski definition) is 2. The van der Waals surface area contributed by atoms with Gasteiger partial charge in [-0.05, 0) is 24.3 Å². The highest BCUT2D eigenvalue weighted by Crippen LogP contribution is 2.28. The van der Waals surface area contributed by atoms with Crippen molar-refractivity contribution < 1.29 is 0 Å². The van der Waals surface area contributed by atoms with Crippen LogP contribution < -0.4 is 10.6 Å². The Balaban J connectivity index is 0.00000261. The minimum absolute atomic E-state index is 0. The van der Waals surface area contributed by atoms with E-state index in [0.717, 1.165) is 30.8 Å². The van der Waals surface area contributed by atoms with Gasteiger partial charge >= 0.3 is 0 Å². The molecule has 0 saturated heterocycles. The van der Waals surface area contributed by atoms with Crippen molar-refractivity contribution in [1.29, 1.82) is 0 Å². The third-order valence-corrected chi connectivity index (χ3v) is 5.19. The van der Waals surface area contributed by atoms with Gasteiger partial charge in [0.25, 0.3) is 0 Å². The van der Waals surface area contributed by atoms with E-state index >= 15 is 0 Å². The van der Waals surface area contributed by atoms with Crippen molar-refractivity contribution in [2.45, 2.75) is 51.6 Å². The number of hydrogen-bond donors (Lipinski definition) is 2. The minimum atomic E-state index is 0. The Hall–Kier alpha value is -1.57. The van der Waals surface area contributed by atoms with Crippen molar-refractivity contribution in [1.82, 2.24) is 20.2 Å². The smallest absolute Gasteiger partial charge is 0.191 e. The fourth-order valence-electron chi connectivity index (χ4n) is 3.71. The van der Waals surface area contributed by atoms with Gasteiger partial charge in [-0.15, -0.1) is 24.0 Å². The summed E-state index contributed by atoms with van der Waals surface area (Å²) in [7, 11) is 1.82. The van der Waals surface area contributed by atoms with E-state index < -0.39 is 0 Å². The average molecular weight is 481 g/mol. The minimum Gasteiger partial charge on any atom is -0.356 e. The molecule has 0 radical (unpaired) electrons. The number of benzene rings is 1. The number of nitrogens with zero attached hydrogens (tertiary/aromatic N) is 3. The molecular weight excluding hydrogens is 449 g/mol. The molecule has 2 N–H and O–H groups in total. The van der Waals surface area contributed by atoms with E-state index in [-0.39, 0.29) is 24.0 Å². The third-order valence-electron chi connectivity index (χ3n) is 5.19. The zero-order chi connectivity index (χ0) is 18.0. The van der Waals surface area contributed by atoms with Crippen molar-refractivity contribution in [3.05, 3.63) is 54.1 Å². The van der Waals surface area contributed by atoms with Crippen LogP contribution in [-0.2, 0) is 13.1 Å². The van der Waals surface area contributed by atoms with Crippen LogP contribution in [0, 0.1) is 5.92 Å². The average Bonchev–Trinajstić information content (AvgIpc) is 3.34. The van der Waals surface area contributed by atoms with Crippen molar-refractivity contribution >= 4 is 29.9 Å². The van der Waals surface area contributed by atoms with Gasteiger partial charge in [0.05, 0.1) is 6.54 Å². The summed E-state index contributed by atoms with van der Waals surface area (Å²) >= 11 is 0. The van der Waals surface area contributed by atoms with Gasteiger partial charge in [0.1, 0.15) is 5.82 Å². The standard InChI is InChI=1S/C21H31N5.HI/c1-22-21(24-13-7-12-18-8-5-6-9-18)25-16-20-23-14-15-26(20)17-19-10-3-2-4-11-19;/h2-4,10-11,14-15,18H,5-9,12-13,16-17H2,1H3,(H2,22,24,25);1H. The molecule has 1 fully saturated rings. The van der Waals surface area contributed by atoms with E-state index in [1.165, 1.54) is 44.1 Å². The van der Waals surface area contributed by atoms with E-state index in [9.17, 15) is 0 Å². The molecule has 2 aromatic rings. The summed E-state index contributed by atoms with van der Waals surface area (Å²) < 4.78 is 2.18. The lowest BCUT2D eigenvalue weighted by atomic mass is 10.0. The topological polar surface area (TPSA) is 54.2 Å². The molecule has 1 aromatic carbocycles. The van der Waals surface area contributed by atoms with Crippen molar-refractivity contribution in [2.75, 3.05) is 13.6 Å².